The lowest BCUT2D eigenvalue weighted by molar-refractivity contribution is -0.143. The van der Waals surface area contributed by atoms with Crippen molar-refractivity contribution in [1.29, 1.82) is 0 Å². The monoisotopic (exact) mass is 382 g/mol. The highest BCUT2D eigenvalue weighted by Gasteiger charge is 2.37. The molecule has 4 rings (SSSR count). The molecule has 0 spiro atoms. The van der Waals surface area contributed by atoms with Gasteiger partial charge in [-0.05, 0) is 39.0 Å². The van der Waals surface area contributed by atoms with Crippen LogP contribution < -0.4 is 18.9 Å². The van der Waals surface area contributed by atoms with Gasteiger partial charge in [-0.25, -0.2) is 0 Å². The molecule has 0 fully saturated rings. The maximum Gasteiger partial charge on any atom is 0.316 e. The van der Waals surface area contributed by atoms with Gasteiger partial charge in [0.05, 0.1) is 5.41 Å². The van der Waals surface area contributed by atoms with E-state index in [2.05, 4.69) is 6.58 Å². The lowest BCUT2D eigenvalue weighted by Crippen LogP contribution is -2.25. The van der Waals surface area contributed by atoms with Gasteiger partial charge in [0, 0.05) is 29.2 Å². The third-order valence-corrected chi connectivity index (χ3v) is 4.83. The number of phenols is 1. The summed E-state index contributed by atoms with van der Waals surface area (Å²) in [5.41, 5.74) is 0.869. The molecule has 2 aliphatic heterocycles. The van der Waals surface area contributed by atoms with Gasteiger partial charge in [-0.2, -0.15) is 0 Å². The fourth-order valence-electron chi connectivity index (χ4n) is 3.27. The Bertz CT molecular complexity index is 956. The van der Waals surface area contributed by atoms with Crippen molar-refractivity contribution < 1.29 is 28.8 Å². The van der Waals surface area contributed by atoms with E-state index in [0.29, 0.717) is 22.8 Å². The van der Waals surface area contributed by atoms with E-state index in [4.69, 9.17) is 18.9 Å². The van der Waals surface area contributed by atoms with Crippen LogP contribution in [-0.4, -0.2) is 17.9 Å². The molecule has 2 heterocycles. The first kappa shape index (κ1) is 18.2. The molecule has 28 heavy (non-hydrogen) atoms. The fourth-order valence-corrected chi connectivity index (χ4v) is 3.27. The molecule has 0 aliphatic carbocycles. The van der Waals surface area contributed by atoms with Crippen molar-refractivity contribution in [2.75, 3.05) is 6.79 Å². The van der Waals surface area contributed by atoms with Crippen LogP contribution in [0.25, 0.3) is 0 Å². The summed E-state index contributed by atoms with van der Waals surface area (Å²) in [7, 11) is 0. The van der Waals surface area contributed by atoms with E-state index in [-0.39, 0.29) is 30.2 Å². The standard InChI is InChI=1S/C22H22O6/c1-5-13-15-9-18-19(26-11-25-18)10-17(15)28-20(13)14-7-6-12(8-16(14)23)27-21(24)22(2,3)4/h5-10,13,20,23H,1,11H2,2-4H3/t13-,20-/m0/s1. The zero-order valence-electron chi connectivity index (χ0n) is 16.0. The highest BCUT2D eigenvalue weighted by Crippen LogP contribution is 2.52. The van der Waals surface area contributed by atoms with Crippen molar-refractivity contribution in [3.05, 3.63) is 54.1 Å². The molecular formula is C22H22O6. The molecule has 2 aromatic rings. The van der Waals surface area contributed by atoms with Gasteiger partial charge in [-0.1, -0.05) is 6.08 Å². The molecule has 2 aliphatic rings. The highest BCUT2D eigenvalue weighted by atomic mass is 16.7. The van der Waals surface area contributed by atoms with E-state index in [1.807, 2.05) is 6.07 Å². The molecule has 1 N–H and O–H groups in total. The largest absolute Gasteiger partial charge is 0.507 e. The van der Waals surface area contributed by atoms with Crippen LogP contribution in [0.2, 0.25) is 0 Å². The van der Waals surface area contributed by atoms with Crippen molar-refractivity contribution in [3.63, 3.8) is 0 Å². The fraction of sp³-hybridized carbons (Fsp3) is 0.318. The molecule has 146 valence electrons. The van der Waals surface area contributed by atoms with Crippen molar-refractivity contribution in [1.82, 2.24) is 0 Å². The minimum atomic E-state index is -0.636. The van der Waals surface area contributed by atoms with Gasteiger partial charge in [-0.15, -0.1) is 6.58 Å². The lowest BCUT2D eigenvalue weighted by Gasteiger charge is -2.19. The molecule has 6 nitrogen and oxygen atoms in total. The van der Waals surface area contributed by atoms with Crippen molar-refractivity contribution in [2.24, 2.45) is 5.41 Å². The van der Waals surface area contributed by atoms with Gasteiger partial charge in [0.25, 0.3) is 0 Å². The zero-order chi connectivity index (χ0) is 20.1. The van der Waals surface area contributed by atoms with E-state index in [1.165, 1.54) is 6.07 Å². The van der Waals surface area contributed by atoms with Crippen LogP contribution in [-0.2, 0) is 4.79 Å². The molecule has 0 radical (unpaired) electrons. The Balaban J connectivity index is 1.62. The Hall–Kier alpha value is -3.15. The van der Waals surface area contributed by atoms with Crippen LogP contribution >= 0.6 is 0 Å². The number of hydrogen-bond donors (Lipinski definition) is 1. The summed E-state index contributed by atoms with van der Waals surface area (Å²) >= 11 is 0. The first-order chi connectivity index (χ1) is 13.3. The average molecular weight is 382 g/mol. The molecular weight excluding hydrogens is 360 g/mol. The Kier molecular flexibility index (Phi) is 4.22. The zero-order valence-corrected chi connectivity index (χ0v) is 16.0. The molecule has 6 heteroatoms. The van der Waals surface area contributed by atoms with Gasteiger partial charge in [0.1, 0.15) is 23.4 Å². The van der Waals surface area contributed by atoms with E-state index < -0.39 is 11.5 Å². The summed E-state index contributed by atoms with van der Waals surface area (Å²) < 4.78 is 22.3. The lowest BCUT2D eigenvalue weighted by atomic mass is 9.90. The molecule has 0 aromatic heterocycles. The topological polar surface area (TPSA) is 74.2 Å². The van der Waals surface area contributed by atoms with Crippen molar-refractivity contribution in [3.8, 4) is 28.7 Å². The first-order valence-electron chi connectivity index (χ1n) is 9.06. The van der Waals surface area contributed by atoms with Crippen LogP contribution in [0.5, 0.6) is 28.7 Å². The third kappa shape index (κ3) is 3.05. The molecule has 0 saturated carbocycles. The Morgan fingerprint density at radius 2 is 1.86 bits per heavy atom. The number of phenolic OH excluding ortho intramolecular Hbond substituents is 1. The Labute approximate surface area is 163 Å². The predicted molar refractivity (Wildman–Crippen MR) is 102 cm³/mol. The second kappa shape index (κ2) is 6.48. The number of esters is 1. The molecule has 0 saturated heterocycles. The second-order valence-corrected chi connectivity index (χ2v) is 7.90. The summed E-state index contributed by atoms with van der Waals surface area (Å²) in [6.45, 7) is 9.42. The Morgan fingerprint density at radius 1 is 1.14 bits per heavy atom. The number of carbonyl (C=O) groups excluding carboxylic acids is 1. The van der Waals surface area contributed by atoms with Crippen LogP contribution in [0, 0.1) is 5.41 Å². The van der Waals surface area contributed by atoms with E-state index in [9.17, 15) is 9.90 Å². The Morgan fingerprint density at radius 3 is 2.50 bits per heavy atom. The number of fused-ring (bicyclic) bond motifs is 2. The summed E-state index contributed by atoms with van der Waals surface area (Å²) in [4.78, 5) is 12.1. The normalized spacial score (nSPS) is 19.7. The highest BCUT2D eigenvalue weighted by molar-refractivity contribution is 5.78. The van der Waals surface area contributed by atoms with Gasteiger partial charge in [0.2, 0.25) is 6.79 Å². The van der Waals surface area contributed by atoms with E-state index in [1.54, 1.807) is 45.0 Å². The number of ether oxygens (including phenoxy) is 4. The van der Waals surface area contributed by atoms with E-state index >= 15 is 0 Å². The van der Waals surface area contributed by atoms with Crippen molar-refractivity contribution in [2.45, 2.75) is 32.8 Å². The maximum atomic E-state index is 12.1. The summed E-state index contributed by atoms with van der Waals surface area (Å²) in [5, 5.41) is 10.6. The third-order valence-electron chi connectivity index (χ3n) is 4.83. The average Bonchev–Trinajstić information content (AvgIpc) is 3.22. The van der Waals surface area contributed by atoms with Crippen LogP contribution in [0.3, 0.4) is 0 Å². The van der Waals surface area contributed by atoms with Gasteiger partial charge >= 0.3 is 5.97 Å². The quantitative estimate of drug-likeness (QED) is 0.479. The SMILES string of the molecule is C=C[C@H]1c2cc3c(cc2O[C@@H]1c1ccc(OC(=O)C(C)(C)C)cc1O)OCO3. The minimum absolute atomic E-state index is 0.0103. The smallest absolute Gasteiger partial charge is 0.316 e. The number of hydrogen-bond acceptors (Lipinski definition) is 6. The van der Waals surface area contributed by atoms with Crippen LogP contribution in [0.4, 0.5) is 0 Å². The van der Waals surface area contributed by atoms with Crippen LogP contribution in [0.15, 0.2) is 43.0 Å². The van der Waals surface area contributed by atoms with Gasteiger partial charge in [0.15, 0.2) is 11.5 Å². The van der Waals surface area contributed by atoms with Crippen molar-refractivity contribution >= 4 is 5.97 Å². The molecule has 2 atom stereocenters. The minimum Gasteiger partial charge on any atom is -0.507 e. The predicted octanol–water partition coefficient (Wildman–Crippen LogP) is 4.48. The number of carbonyl (C=O) groups is 1. The number of rotatable bonds is 3. The molecule has 0 unspecified atom stereocenters. The van der Waals surface area contributed by atoms with E-state index in [0.717, 1.165) is 5.56 Å². The van der Waals surface area contributed by atoms with Crippen LogP contribution in [0.1, 0.15) is 43.9 Å². The molecule has 2 aromatic carbocycles. The number of benzene rings is 2. The van der Waals surface area contributed by atoms with Gasteiger partial charge in [-0.3, -0.25) is 4.79 Å². The molecule has 0 bridgehead atoms. The van der Waals surface area contributed by atoms with Gasteiger partial charge < -0.3 is 24.1 Å². The summed E-state index contributed by atoms with van der Waals surface area (Å²) in [5.74, 6) is 1.71. The molecule has 0 amide bonds. The summed E-state index contributed by atoms with van der Waals surface area (Å²) in [6, 6.07) is 8.47. The number of aromatic hydroxyl groups is 1. The first-order valence-corrected chi connectivity index (χ1v) is 9.06. The maximum absolute atomic E-state index is 12.1. The summed E-state index contributed by atoms with van der Waals surface area (Å²) in [6.07, 6.45) is 1.33. The second-order valence-electron chi connectivity index (χ2n) is 7.90.